The van der Waals surface area contributed by atoms with Gasteiger partial charge in [0.05, 0.1) is 24.0 Å². The molecule has 6 nitrogen and oxygen atoms in total. The number of para-hydroxylation sites is 1. The molecule has 1 aliphatic carbocycles. The molecule has 0 fully saturated rings. The summed E-state index contributed by atoms with van der Waals surface area (Å²) in [7, 11) is 1.88. The summed E-state index contributed by atoms with van der Waals surface area (Å²) in [4.78, 5) is 14.7. The molecule has 30 heavy (non-hydrogen) atoms. The molecule has 3 aromatic rings. The largest absolute Gasteiger partial charge is 0.493 e. The number of fused-ring (bicyclic) bond motifs is 1. The van der Waals surface area contributed by atoms with Gasteiger partial charge in [-0.1, -0.05) is 48.2 Å². The second kappa shape index (κ2) is 9.34. The van der Waals surface area contributed by atoms with E-state index >= 15 is 0 Å². The molecule has 4 rings (SSSR count). The Bertz CT molecular complexity index is 1020. The Balaban J connectivity index is 1.41. The Morgan fingerprint density at radius 1 is 1.20 bits per heavy atom. The fourth-order valence-corrected chi connectivity index (χ4v) is 4.52. The van der Waals surface area contributed by atoms with Gasteiger partial charge < -0.3 is 14.1 Å². The van der Waals surface area contributed by atoms with Gasteiger partial charge in [0.15, 0.2) is 0 Å². The van der Waals surface area contributed by atoms with E-state index < -0.39 is 0 Å². The maximum Gasteiger partial charge on any atom is 0.277 e. The lowest BCUT2D eigenvalue weighted by Gasteiger charge is -2.33. The number of hydrogen-bond acceptors (Lipinski definition) is 6. The Labute approximate surface area is 180 Å². The number of aryl methyl sites for hydroxylation is 1. The topological polar surface area (TPSA) is 68.5 Å². The summed E-state index contributed by atoms with van der Waals surface area (Å²) in [6.07, 6.45) is 3.17. The van der Waals surface area contributed by atoms with E-state index in [0.29, 0.717) is 23.5 Å². The first-order chi connectivity index (χ1) is 14.7. The SMILES string of the molecule is CCOc1ccccc1-c1nnc(SCC(=O)N(C)C2CCCc3ccccc32)o1. The van der Waals surface area contributed by atoms with E-state index in [2.05, 4.69) is 28.4 Å². The summed E-state index contributed by atoms with van der Waals surface area (Å²) in [6, 6.07) is 16.1. The molecular formula is C23H25N3O3S. The molecule has 0 saturated carbocycles. The smallest absolute Gasteiger partial charge is 0.277 e. The zero-order valence-corrected chi connectivity index (χ0v) is 18.0. The Hall–Kier alpha value is -2.80. The van der Waals surface area contributed by atoms with E-state index in [9.17, 15) is 4.79 Å². The number of thioether (sulfide) groups is 1. The summed E-state index contributed by atoms with van der Waals surface area (Å²) < 4.78 is 11.4. The third kappa shape index (κ3) is 4.36. The van der Waals surface area contributed by atoms with Gasteiger partial charge in [0.25, 0.3) is 11.1 Å². The molecule has 1 aromatic heterocycles. The first kappa shape index (κ1) is 20.5. The van der Waals surface area contributed by atoms with Crippen molar-refractivity contribution in [1.82, 2.24) is 15.1 Å². The second-order valence-electron chi connectivity index (χ2n) is 7.20. The number of nitrogens with zero attached hydrogens (tertiary/aromatic N) is 3. The van der Waals surface area contributed by atoms with Crippen molar-refractivity contribution < 1.29 is 13.9 Å². The number of rotatable bonds is 7. The van der Waals surface area contributed by atoms with Crippen molar-refractivity contribution in [3.63, 3.8) is 0 Å². The van der Waals surface area contributed by atoms with E-state index in [-0.39, 0.29) is 17.7 Å². The van der Waals surface area contributed by atoms with E-state index in [4.69, 9.17) is 9.15 Å². The number of hydrogen-bond donors (Lipinski definition) is 0. The monoisotopic (exact) mass is 423 g/mol. The molecule has 0 N–H and O–H groups in total. The summed E-state index contributed by atoms with van der Waals surface area (Å²) in [5.41, 5.74) is 3.36. The number of benzene rings is 2. The molecule has 0 aliphatic heterocycles. The number of carbonyl (C=O) groups excluding carboxylic acids is 1. The average Bonchev–Trinajstić information content (AvgIpc) is 3.26. The van der Waals surface area contributed by atoms with Crippen LogP contribution in [0.4, 0.5) is 0 Å². The van der Waals surface area contributed by atoms with Gasteiger partial charge in [-0.05, 0) is 49.4 Å². The molecule has 0 radical (unpaired) electrons. The predicted molar refractivity (Wildman–Crippen MR) is 117 cm³/mol. The molecule has 0 spiro atoms. The maximum atomic E-state index is 12.8. The van der Waals surface area contributed by atoms with Gasteiger partial charge in [-0.2, -0.15) is 0 Å². The highest BCUT2D eigenvalue weighted by Crippen LogP contribution is 2.34. The van der Waals surface area contributed by atoms with Crippen LogP contribution >= 0.6 is 11.8 Å². The van der Waals surface area contributed by atoms with Crippen LogP contribution in [0.2, 0.25) is 0 Å². The highest BCUT2D eigenvalue weighted by atomic mass is 32.2. The van der Waals surface area contributed by atoms with Crippen molar-refractivity contribution in [2.75, 3.05) is 19.4 Å². The molecule has 0 bridgehead atoms. The van der Waals surface area contributed by atoms with Crippen LogP contribution in [0, 0.1) is 0 Å². The van der Waals surface area contributed by atoms with Crippen molar-refractivity contribution in [2.24, 2.45) is 0 Å². The lowest BCUT2D eigenvalue weighted by atomic mass is 9.87. The van der Waals surface area contributed by atoms with Crippen LogP contribution in [0.1, 0.15) is 36.9 Å². The zero-order valence-electron chi connectivity index (χ0n) is 17.2. The normalized spacial score (nSPS) is 15.5. The molecule has 1 heterocycles. The van der Waals surface area contributed by atoms with Crippen molar-refractivity contribution in [1.29, 1.82) is 0 Å². The highest BCUT2D eigenvalue weighted by molar-refractivity contribution is 7.99. The average molecular weight is 424 g/mol. The molecule has 2 aromatic carbocycles. The molecule has 0 saturated heterocycles. The Kier molecular flexibility index (Phi) is 6.38. The molecule has 7 heteroatoms. The molecule has 1 aliphatic rings. The summed E-state index contributed by atoms with van der Waals surface area (Å²) in [5, 5.41) is 8.60. The highest BCUT2D eigenvalue weighted by Gasteiger charge is 2.26. The number of carbonyl (C=O) groups is 1. The Morgan fingerprint density at radius 3 is 2.87 bits per heavy atom. The minimum Gasteiger partial charge on any atom is -0.493 e. The maximum absolute atomic E-state index is 12.8. The minimum absolute atomic E-state index is 0.0520. The minimum atomic E-state index is 0.0520. The van der Waals surface area contributed by atoms with Gasteiger partial charge in [-0.15, -0.1) is 10.2 Å². The second-order valence-corrected chi connectivity index (χ2v) is 8.13. The molecule has 1 unspecified atom stereocenters. The third-order valence-corrected chi connectivity index (χ3v) is 6.14. The van der Waals surface area contributed by atoms with Crippen molar-refractivity contribution in [2.45, 2.75) is 37.5 Å². The van der Waals surface area contributed by atoms with E-state index in [1.807, 2.05) is 49.2 Å². The van der Waals surface area contributed by atoms with Crippen LogP contribution in [0.5, 0.6) is 5.75 Å². The lowest BCUT2D eigenvalue weighted by Crippen LogP contribution is -2.34. The third-order valence-electron chi connectivity index (χ3n) is 5.34. The van der Waals surface area contributed by atoms with Gasteiger partial charge in [0, 0.05) is 7.05 Å². The molecule has 156 valence electrons. The summed E-state index contributed by atoms with van der Waals surface area (Å²) in [5.74, 6) is 1.40. The predicted octanol–water partition coefficient (Wildman–Crippen LogP) is 4.76. The zero-order chi connectivity index (χ0) is 20.9. The number of aromatic nitrogens is 2. The number of amides is 1. The van der Waals surface area contributed by atoms with E-state index in [0.717, 1.165) is 24.8 Å². The van der Waals surface area contributed by atoms with Gasteiger partial charge >= 0.3 is 0 Å². The first-order valence-corrected chi connectivity index (χ1v) is 11.2. The van der Waals surface area contributed by atoms with Gasteiger partial charge in [0.1, 0.15) is 5.75 Å². The lowest BCUT2D eigenvalue weighted by molar-refractivity contribution is -0.129. The van der Waals surface area contributed by atoms with Crippen LogP contribution in [-0.4, -0.2) is 40.4 Å². The molecule has 1 atom stereocenters. The van der Waals surface area contributed by atoms with E-state index in [1.165, 1.54) is 22.9 Å². The van der Waals surface area contributed by atoms with Gasteiger partial charge in [-0.25, -0.2) is 0 Å². The quantitative estimate of drug-likeness (QED) is 0.510. The van der Waals surface area contributed by atoms with Crippen LogP contribution in [0.15, 0.2) is 58.2 Å². The molecular weight excluding hydrogens is 398 g/mol. The summed E-state index contributed by atoms with van der Waals surface area (Å²) in [6.45, 7) is 2.48. The van der Waals surface area contributed by atoms with E-state index in [1.54, 1.807) is 0 Å². The van der Waals surface area contributed by atoms with Crippen LogP contribution in [-0.2, 0) is 11.2 Å². The standard InChI is InChI=1S/C23H25N3O3S/c1-3-28-20-14-7-6-12-18(20)22-24-25-23(29-22)30-15-21(27)26(2)19-13-8-10-16-9-4-5-11-17(16)19/h4-7,9,11-12,14,19H,3,8,10,13,15H2,1-2H3. The Morgan fingerprint density at radius 2 is 2.00 bits per heavy atom. The van der Waals surface area contributed by atoms with Crippen LogP contribution in [0.25, 0.3) is 11.5 Å². The van der Waals surface area contributed by atoms with Crippen LogP contribution < -0.4 is 4.74 Å². The fraction of sp³-hybridized carbons (Fsp3) is 0.348. The summed E-state index contributed by atoms with van der Waals surface area (Å²) >= 11 is 1.26. The van der Waals surface area contributed by atoms with Crippen molar-refractivity contribution in [3.05, 3.63) is 59.7 Å². The molecule has 1 amide bonds. The first-order valence-electron chi connectivity index (χ1n) is 10.2. The van der Waals surface area contributed by atoms with Crippen LogP contribution in [0.3, 0.4) is 0 Å². The fourth-order valence-electron chi connectivity index (χ4n) is 3.83. The van der Waals surface area contributed by atoms with Crippen molar-refractivity contribution >= 4 is 17.7 Å². The van der Waals surface area contributed by atoms with Gasteiger partial charge in [0.2, 0.25) is 5.91 Å². The number of ether oxygens (including phenoxy) is 1. The van der Waals surface area contributed by atoms with Crippen molar-refractivity contribution in [3.8, 4) is 17.2 Å². The van der Waals surface area contributed by atoms with Gasteiger partial charge in [-0.3, -0.25) is 4.79 Å².